The summed E-state index contributed by atoms with van der Waals surface area (Å²) in [5.41, 5.74) is 0.621. The van der Waals surface area contributed by atoms with E-state index in [1.807, 2.05) is 37.3 Å². The Bertz CT molecular complexity index is 993. The SMILES string of the molecule is CCCCCCC(C)OC(=O)Nc1sc(C(=O)OCc2ccccc2)c(C)c1C(=O)OC(C)(C)C. The number of anilines is 1. The number of ether oxygens (including phenoxy) is 3. The van der Waals surface area contributed by atoms with Crippen LogP contribution in [0.2, 0.25) is 0 Å². The van der Waals surface area contributed by atoms with Gasteiger partial charge in [0.2, 0.25) is 0 Å². The number of carbonyl (C=O) groups is 3. The van der Waals surface area contributed by atoms with Crippen LogP contribution in [0.4, 0.5) is 9.80 Å². The maximum atomic E-state index is 13.0. The first-order chi connectivity index (χ1) is 16.5. The van der Waals surface area contributed by atoms with Crippen molar-refractivity contribution in [1.82, 2.24) is 0 Å². The molecule has 0 spiro atoms. The minimum absolute atomic E-state index is 0.0964. The van der Waals surface area contributed by atoms with E-state index in [0.29, 0.717) is 5.56 Å². The van der Waals surface area contributed by atoms with E-state index < -0.39 is 23.6 Å². The quantitative estimate of drug-likeness (QED) is 0.197. The summed E-state index contributed by atoms with van der Waals surface area (Å²) in [6.45, 7) is 11.0. The normalized spacial score (nSPS) is 12.1. The van der Waals surface area contributed by atoms with Gasteiger partial charge in [-0.25, -0.2) is 14.4 Å². The summed E-state index contributed by atoms with van der Waals surface area (Å²) < 4.78 is 16.5. The molecule has 7 nitrogen and oxygen atoms in total. The van der Waals surface area contributed by atoms with Gasteiger partial charge in [0.25, 0.3) is 0 Å². The van der Waals surface area contributed by atoms with Gasteiger partial charge in [0.1, 0.15) is 28.2 Å². The van der Waals surface area contributed by atoms with Gasteiger partial charge < -0.3 is 14.2 Å². The smallest absolute Gasteiger partial charge is 0.412 e. The van der Waals surface area contributed by atoms with E-state index in [9.17, 15) is 14.4 Å². The number of amides is 1. The molecule has 0 bridgehead atoms. The maximum absolute atomic E-state index is 13.0. The molecule has 1 amide bonds. The maximum Gasteiger partial charge on any atom is 0.412 e. The molecule has 2 aromatic rings. The first-order valence-corrected chi connectivity index (χ1v) is 12.9. The second-order valence-corrected chi connectivity index (χ2v) is 10.5. The lowest BCUT2D eigenvalue weighted by atomic mass is 10.1. The van der Waals surface area contributed by atoms with Crippen molar-refractivity contribution in [3.63, 3.8) is 0 Å². The highest BCUT2D eigenvalue weighted by Gasteiger charge is 2.30. The van der Waals surface area contributed by atoms with Gasteiger partial charge >= 0.3 is 18.0 Å². The molecular formula is C27H37NO6S. The molecular weight excluding hydrogens is 466 g/mol. The van der Waals surface area contributed by atoms with Crippen LogP contribution in [0, 0.1) is 6.92 Å². The molecule has 35 heavy (non-hydrogen) atoms. The number of carbonyl (C=O) groups excluding carboxylic acids is 3. The van der Waals surface area contributed by atoms with Crippen LogP contribution in [0.5, 0.6) is 0 Å². The number of thiophene rings is 1. The number of hydrogen-bond donors (Lipinski definition) is 1. The lowest BCUT2D eigenvalue weighted by Crippen LogP contribution is -2.25. The predicted molar refractivity (Wildman–Crippen MR) is 138 cm³/mol. The average molecular weight is 504 g/mol. The van der Waals surface area contributed by atoms with Crippen molar-refractivity contribution >= 4 is 34.4 Å². The molecule has 1 heterocycles. The third-order valence-corrected chi connectivity index (χ3v) is 6.32. The third-order valence-electron chi connectivity index (χ3n) is 5.14. The molecule has 1 aromatic heterocycles. The second-order valence-electron chi connectivity index (χ2n) is 9.51. The standard InChI is InChI=1S/C27H37NO6S/c1-7-8-9-11-14-18(2)33-26(31)28-23-21(24(29)34-27(4,5)6)19(3)22(35-23)25(30)32-17-20-15-12-10-13-16-20/h10,12-13,15-16,18H,7-9,11,14,17H2,1-6H3,(H,28,31). The lowest BCUT2D eigenvalue weighted by Gasteiger charge is -2.20. The highest BCUT2D eigenvalue weighted by molar-refractivity contribution is 7.18. The lowest BCUT2D eigenvalue weighted by molar-refractivity contribution is 0.00705. The van der Waals surface area contributed by atoms with Crippen LogP contribution in [0.15, 0.2) is 30.3 Å². The fourth-order valence-corrected chi connectivity index (χ4v) is 4.46. The molecule has 0 saturated heterocycles. The van der Waals surface area contributed by atoms with Gasteiger partial charge in [0.05, 0.1) is 5.56 Å². The first kappa shape index (κ1) is 28.4. The summed E-state index contributed by atoms with van der Waals surface area (Å²) in [5, 5.41) is 2.85. The molecule has 1 aromatic carbocycles. The molecule has 0 saturated carbocycles. The average Bonchev–Trinajstić information content (AvgIpc) is 3.10. The Labute approximate surface area is 212 Å². The van der Waals surface area contributed by atoms with Gasteiger partial charge in [-0.2, -0.15) is 0 Å². The van der Waals surface area contributed by atoms with Crippen molar-refractivity contribution < 1.29 is 28.6 Å². The first-order valence-electron chi connectivity index (χ1n) is 12.1. The molecule has 192 valence electrons. The fourth-order valence-electron chi connectivity index (χ4n) is 3.38. The van der Waals surface area contributed by atoms with Crippen molar-refractivity contribution in [3.8, 4) is 0 Å². The molecule has 0 aliphatic rings. The summed E-state index contributed by atoms with van der Waals surface area (Å²) in [7, 11) is 0. The van der Waals surface area contributed by atoms with Gasteiger partial charge in [0.15, 0.2) is 0 Å². The van der Waals surface area contributed by atoms with E-state index in [0.717, 1.165) is 49.0 Å². The van der Waals surface area contributed by atoms with E-state index in [1.165, 1.54) is 0 Å². The molecule has 0 radical (unpaired) electrons. The monoisotopic (exact) mass is 503 g/mol. The Kier molecular flexibility index (Phi) is 10.8. The van der Waals surface area contributed by atoms with Crippen molar-refractivity contribution in [3.05, 3.63) is 51.9 Å². The number of esters is 2. The molecule has 1 unspecified atom stereocenters. The molecule has 1 N–H and O–H groups in total. The van der Waals surface area contributed by atoms with Gasteiger partial charge in [-0.15, -0.1) is 11.3 Å². The van der Waals surface area contributed by atoms with Crippen molar-refractivity contribution in [2.45, 2.75) is 92.0 Å². The number of nitrogens with one attached hydrogen (secondary N) is 1. The Morgan fingerprint density at radius 2 is 1.71 bits per heavy atom. The van der Waals surface area contributed by atoms with E-state index >= 15 is 0 Å². The fraction of sp³-hybridized carbons (Fsp3) is 0.519. The molecule has 0 aliphatic heterocycles. The van der Waals surface area contributed by atoms with Crippen LogP contribution in [-0.4, -0.2) is 29.7 Å². The van der Waals surface area contributed by atoms with E-state index in [-0.39, 0.29) is 28.2 Å². The zero-order chi connectivity index (χ0) is 26.0. The van der Waals surface area contributed by atoms with Crippen molar-refractivity contribution in [1.29, 1.82) is 0 Å². The molecule has 2 rings (SSSR count). The van der Waals surface area contributed by atoms with Crippen molar-refractivity contribution in [2.24, 2.45) is 0 Å². The Hall–Kier alpha value is -2.87. The number of benzene rings is 1. The Morgan fingerprint density at radius 3 is 2.34 bits per heavy atom. The highest BCUT2D eigenvalue weighted by Crippen LogP contribution is 2.35. The Morgan fingerprint density at radius 1 is 1.03 bits per heavy atom. The molecule has 0 aliphatic carbocycles. The number of unbranched alkanes of at least 4 members (excludes halogenated alkanes) is 3. The highest BCUT2D eigenvalue weighted by atomic mass is 32.1. The van der Waals surface area contributed by atoms with Gasteiger partial charge in [-0.1, -0.05) is 56.5 Å². The summed E-state index contributed by atoms with van der Waals surface area (Å²) in [6.07, 6.45) is 4.16. The molecule has 8 heteroatoms. The van der Waals surface area contributed by atoms with E-state index in [2.05, 4.69) is 12.2 Å². The summed E-state index contributed by atoms with van der Waals surface area (Å²) in [4.78, 5) is 38.6. The van der Waals surface area contributed by atoms with Crippen LogP contribution in [-0.2, 0) is 20.8 Å². The van der Waals surface area contributed by atoms with Gasteiger partial charge in [-0.3, -0.25) is 5.32 Å². The minimum Gasteiger partial charge on any atom is -0.457 e. The molecule has 1 atom stereocenters. The third kappa shape index (κ3) is 9.36. The number of rotatable bonds is 11. The van der Waals surface area contributed by atoms with Gasteiger partial charge in [0, 0.05) is 0 Å². The summed E-state index contributed by atoms with van der Waals surface area (Å²) >= 11 is 0.976. The summed E-state index contributed by atoms with van der Waals surface area (Å²) in [5.74, 6) is -1.21. The van der Waals surface area contributed by atoms with Crippen LogP contribution in [0.1, 0.15) is 97.9 Å². The predicted octanol–water partition coefficient (Wildman–Crippen LogP) is 7.28. The van der Waals surface area contributed by atoms with Crippen LogP contribution in [0.25, 0.3) is 0 Å². The number of hydrogen-bond acceptors (Lipinski definition) is 7. The second kappa shape index (κ2) is 13.3. The molecule has 0 fully saturated rings. The van der Waals surface area contributed by atoms with Crippen LogP contribution < -0.4 is 5.32 Å². The zero-order valence-corrected chi connectivity index (χ0v) is 22.4. The zero-order valence-electron chi connectivity index (χ0n) is 21.6. The van der Waals surface area contributed by atoms with Gasteiger partial charge in [-0.05, 0) is 58.6 Å². The van der Waals surface area contributed by atoms with Crippen molar-refractivity contribution in [2.75, 3.05) is 5.32 Å². The van der Waals surface area contributed by atoms with Crippen LogP contribution in [0.3, 0.4) is 0 Å². The largest absolute Gasteiger partial charge is 0.457 e. The summed E-state index contributed by atoms with van der Waals surface area (Å²) in [6, 6.07) is 9.31. The topological polar surface area (TPSA) is 90.9 Å². The van der Waals surface area contributed by atoms with E-state index in [1.54, 1.807) is 27.7 Å². The minimum atomic E-state index is -0.746. The Balaban J connectivity index is 2.18. The van der Waals surface area contributed by atoms with E-state index in [4.69, 9.17) is 14.2 Å². The van der Waals surface area contributed by atoms with Crippen LogP contribution >= 0.6 is 11.3 Å².